The van der Waals surface area contributed by atoms with Crippen molar-refractivity contribution in [3.05, 3.63) is 69.2 Å². The number of hydrogen-bond acceptors (Lipinski definition) is 7. The molecule has 1 aromatic carbocycles. The number of hydrogen-bond donors (Lipinski definition) is 4. The molecular weight excluding hydrogens is 527 g/mol. The summed E-state index contributed by atoms with van der Waals surface area (Å²) in [5.74, 6) is 1.29. The van der Waals surface area contributed by atoms with Crippen molar-refractivity contribution in [3.63, 3.8) is 0 Å². The Balaban J connectivity index is 0.00000180. The van der Waals surface area contributed by atoms with Crippen LogP contribution in [0.3, 0.4) is 0 Å². The van der Waals surface area contributed by atoms with Gasteiger partial charge in [-0.25, -0.2) is 9.97 Å². The summed E-state index contributed by atoms with van der Waals surface area (Å²) in [4.78, 5) is 30.4. The molecule has 1 atom stereocenters. The van der Waals surface area contributed by atoms with Gasteiger partial charge in [0.15, 0.2) is 0 Å². The van der Waals surface area contributed by atoms with E-state index < -0.39 is 6.10 Å². The number of aliphatic hydroxyl groups excluding tert-OH is 1. The number of nitrogens with zero attached hydrogens (tertiary/aromatic N) is 3. The van der Waals surface area contributed by atoms with Crippen LogP contribution in [0.5, 0.6) is 0 Å². The number of pyridine rings is 2. The number of nitrogens with one attached hydrogen (secondary N) is 3. The first kappa shape index (κ1) is 27.8. The van der Waals surface area contributed by atoms with Crippen LogP contribution >= 0.6 is 36.4 Å². The number of anilines is 2. The van der Waals surface area contributed by atoms with Crippen LogP contribution in [0.1, 0.15) is 17.4 Å². The quantitative estimate of drug-likeness (QED) is 0.284. The molecule has 1 unspecified atom stereocenters. The van der Waals surface area contributed by atoms with Crippen molar-refractivity contribution in [2.75, 3.05) is 43.1 Å². The van der Waals surface area contributed by atoms with Gasteiger partial charge in [-0.1, -0.05) is 23.7 Å². The van der Waals surface area contributed by atoms with Crippen LogP contribution in [0, 0.1) is 6.92 Å². The SMILES string of the molecule is Cc1nc(N2CCOCC2)cc2[nH]c(-c3c(NCC(O)c4cccc(Cl)c4)cc[nH]c3=O)nc12.Cl.Cl. The molecule has 9 nitrogen and oxygen atoms in total. The predicted molar refractivity (Wildman–Crippen MR) is 147 cm³/mol. The fraction of sp³-hybridized carbons (Fsp3) is 0.292. The molecule has 1 aliphatic rings. The molecule has 0 bridgehead atoms. The number of aliphatic hydroxyl groups is 1. The van der Waals surface area contributed by atoms with Crippen LogP contribution in [0.15, 0.2) is 47.4 Å². The lowest BCUT2D eigenvalue weighted by Crippen LogP contribution is -2.36. The number of H-pyrrole nitrogens is 2. The number of fused-ring (bicyclic) bond motifs is 1. The number of ether oxygens (including phenoxy) is 1. The summed E-state index contributed by atoms with van der Waals surface area (Å²) in [5.41, 5.74) is 3.61. The number of halogens is 3. The van der Waals surface area contributed by atoms with Crippen LogP contribution in [0.25, 0.3) is 22.4 Å². The molecule has 192 valence electrons. The van der Waals surface area contributed by atoms with Crippen molar-refractivity contribution < 1.29 is 9.84 Å². The molecule has 4 heterocycles. The Morgan fingerprint density at radius 1 is 1.19 bits per heavy atom. The fourth-order valence-corrected chi connectivity index (χ4v) is 4.32. The lowest BCUT2D eigenvalue weighted by molar-refractivity contribution is 0.122. The van der Waals surface area contributed by atoms with E-state index in [-0.39, 0.29) is 36.9 Å². The molecule has 4 aromatic rings. The van der Waals surface area contributed by atoms with E-state index in [0.29, 0.717) is 46.4 Å². The summed E-state index contributed by atoms with van der Waals surface area (Å²) in [6.45, 7) is 5.00. The first-order valence-electron chi connectivity index (χ1n) is 11.1. The van der Waals surface area contributed by atoms with E-state index in [1.807, 2.05) is 13.0 Å². The molecule has 36 heavy (non-hydrogen) atoms. The van der Waals surface area contributed by atoms with Crippen molar-refractivity contribution in [2.24, 2.45) is 0 Å². The monoisotopic (exact) mass is 552 g/mol. The fourth-order valence-electron chi connectivity index (χ4n) is 4.13. The Bertz CT molecular complexity index is 1390. The molecule has 1 fully saturated rings. The Hall–Kier alpha value is -2.82. The second-order valence-corrected chi connectivity index (χ2v) is 8.63. The van der Waals surface area contributed by atoms with Crippen LogP contribution in [0.4, 0.5) is 11.5 Å². The number of aromatic amines is 2. The summed E-state index contributed by atoms with van der Waals surface area (Å²) in [6, 6.07) is 10.8. The van der Waals surface area contributed by atoms with Gasteiger partial charge in [-0.2, -0.15) is 0 Å². The number of aromatic nitrogens is 4. The highest BCUT2D eigenvalue weighted by atomic mass is 35.5. The first-order valence-corrected chi connectivity index (χ1v) is 11.5. The van der Waals surface area contributed by atoms with Gasteiger partial charge >= 0.3 is 0 Å². The van der Waals surface area contributed by atoms with Gasteiger partial charge in [0.2, 0.25) is 0 Å². The summed E-state index contributed by atoms with van der Waals surface area (Å²) < 4.78 is 5.44. The van der Waals surface area contributed by atoms with E-state index in [0.717, 1.165) is 30.1 Å². The second-order valence-electron chi connectivity index (χ2n) is 8.19. The van der Waals surface area contributed by atoms with Crippen molar-refractivity contribution in [1.29, 1.82) is 0 Å². The van der Waals surface area contributed by atoms with Crippen LogP contribution in [-0.4, -0.2) is 57.9 Å². The molecule has 1 aliphatic heterocycles. The van der Waals surface area contributed by atoms with Gasteiger partial charge < -0.3 is 30.0 Å². The highest BCUT2D eigenvalue weighted by molar-refractivity contribution is 6.30. The molecule has 4 N–H and O–H groups in total. The standard InChI is InChI=1S/C24H25ClN6O3.2ClH/c1-14-22-18(12-20(28-14)31-7-9-34-10-8-31)29-23(30-22)21-17(5-6-26-24(21)33)27-13-19(32)15-3-2-4-16(25)11-15;;/h2-6,11-12,19,32H,7-10,13H2,1H3,(H,29,30)(H2,26,27,33);2*1H. The summed E-state index contributed by atoms with van der Waals surface area (Å²) >= 11 is 6.04. The Labute approximate surface area is 225 Å². The Kier molecular flexibility index (Phi) is 9.21. The topological polar surface area (TPSA) is 119 Å². The van der Waals surface area contributed by atoms with E-state index in [1.165, 1.54) is 0 Å². The minimum Gasteiger partial charge on any atom is -0.387 e. The molecule has 0 aliphatic carbocycles. The van der Waals surface area contributed by atoms with E-state index in [2.05, 4.69) is 25.2 Å². The van der Waals surface area contributed by atoms with Gasteiger partial charge in [0.05, 0.1) is 36.2 Å². The van der Waals surface area contributed by atoms with Crippen molar-refractivity contribution in [3.8, 4) is 11.4 Å². The molecule has 3 aromatic heterocycles. The summed E-state index contributed by atoms with van der Waals surface area (Å²) in [7, 11) is 0. The third kappa shape index (κ3) is 5.77. The number of benzene rings is 1. The van der Waals surface area contributed by atoms with Crippen LogP contribution in [0.2, 0.25) is 5.02 Å². The lowest BCUT2D eigenvalue weighted by atomic mass is 10.1. The van der Waals surface area contributed by atoms with E-state index in [9.17, 15) is 9.90 Å². The van der Waals surface area contributed by atoms with Gasteiger partial charge in [-0.05, 0) is 30.7 Å². The second kappa shape index (κ2) is 11.9. The Morgan fingerprint density at radius 2 is 1.97 bits per heavy atom. The average Bonchev–Trinajstić information content (AvgIpc) is 3.27. The largest absolute Gasteiger partial charge is 0.387 e. The lowest BCUT2D eigenvalue weighted by Gasteiger charge is -2.27. The van der Waals surface area contributed by atoms with Crippen molar-refractivity contribution in [2.45, 2.75) is 13.0 Å². The molecule has 12 heteroatoms. The number of morpholine rings is 1. The van der Waals surface area contributed by atoms with Gasteiger partial charge in [-0.15, -0.1) is 24.8 Å². The third-order valence-corrected chi connectivity index (χ3v) is 6.12. The van der Waals surface area contributed by atoms with Gasteiger partial charge in [0.1, 0.15) is 22.7 Å². The normalized spacial score (nSPS) is 14.1. The molecular formula is C24H27Cl3N6O3. The predicted octanol–water partition coefficient (Wildman–Crippen LogP) is 4.10. The van der Waals surface area contributed by atoms with E-state index in [4.69, 9.17) is 21.3 Å². The zero-order valence-corrected chi connectivity index (χ0v) is 21.8. The maximum absolute atomic E-state index is 12.8. The zero-order valence-electron chi connectivity index (χ0n) is 19.5. The molecule has 5 rings (SSSR count). The first-order chi connectivity index (χ1) is 16.5. The number of aryl methyl sites for hydroxylation is 1. The van der Waals surface area contributed by atoms with Gasteiger partial charge in [0.25, 0.3) is 5.56 Å². The minimum atomic E-state index is -0.802. The Morgan fingerprint density at radius 3 is 2.72 bits per heavy atom. The maximum Gasteiger partial charge on any atom is 0.261 e. The minimum absolute atomic E-state index is 0. The number of rotatable bonds is 6. The molecule has 0 amide bonds. The smallest absolute Gasteiger partial charge is 0.261 e. The summed E-state index contributed by atoms with van der Waals surface area (Å²) in [5, 5.41) is 14.3. The number of imidazole rings is 1. The molecule has 1 saturated heterocycles. The van der Waals surface area contributed by atoms with E-state index in [1.54, 1.807) is 36.5 Å². The molecule has 0 saturated carbocycles. The van der Waals surface area contributed by atoms with E-state index >= 15 is 0 Å². The summed E-state index contributed by atoms with van der Waals surface area (Å²) in [6.07, 6.45) is 0.760. The van der Waals surface area contributed by atoms with Gasteiger partial charge in [-0.3, -0.25) is 4.79 Å². The highest BCUT2D eigenvalue weighted by Gasteiger charge is 2.19. The zero-order chi connectivity index (χ0) is 23.7. The average molecular weight is 554 g/mol. The van der Waals surface area contributed by atoms with Crippen LogP contribution in [-0.2, 0) is 4.74 Å². The maximum atomic E-state index is 12.8. The van der Waals surface area contributed by atoms with Gasteiger partial charge in [0, 0.05) is 36.9 Å². The highest BCUT2D eigenvalue weighted by Crippen LogP contribution is 2.28. The van der Waals surface area contributed by atoms with Crippen molar-refractivity contribution in [1.82, 2.24) is 19.9 Å². The third-order valence-electron chi connectivity index (χ3n) is 5.88. The van der Waals surface area contributed by atoms with Crippen molar-refractivity contribution >= 4 is 59.0 Å². The van der Waals surface area contributed by atoms with Crippen LogP contribution < -0.4 is 15.8 Å². The molecule has 0 radical (unpaired) electrons. The molecule has 0 spiro atoms.